The lowest BCUT2D eigenvalue weighted by Gasteiger charge is -2.31. The molecule has 46 heavy (non-hydrogen) atoms. The van der Waals surface area contributed by atoms with Crippen LogP contribution in [0.25, 0.3) is 66.1 Å². The van der Waals surface area contributed by atoms with Gasteiger partial charge in [-0.3, -0.25) is 0 Å². The van der Waals surface area contributed by atoms with Crippen LogP contribution in [0.4, 0.5) is 0 Å². The van der Waals surface area contributed by atoms with Gasteiger partial charge in [0.05, 0.1) is 5.41 Å². The highest BCUT2D eigenvalue weighted by atomic mass is 16.5. The van der Waals surface area contributed by atoms with Crippen molar-refractivity contribution >= 4 is 21.5 Å². The summed E-state index contributed by atoms with van der Waals surface area (Å²) in [5, 5.41) is 4.92. The number of rotatable bonds is 1. The first-order chi connectivity index (χ1) is 22.8. The Labute approximate surface area is 267 Å². The second kappa shape index (κ2) is 8.62. The lowest BCUT2D eigenvalue weighted by Crippen LogP contribution is -2.25. The molecule has 212 valence electrons. The number of ether oxygens (including phenoxy) is 1. The molecular weight excluding hydrogens is 556 g/mol. The molecule has 11 rings (SSSR count). The van der Waals surface area contributed by atoms with E-state index < -0.39 is 5.41 Å². The zero-order chi connectivity index (χ0) is 30.0. The fraction of sp³-hybridized carbons (Fsp3) is 0.0222. The van der Waals surface area contributed by atoms with Crippen molar-refractivity contribution in [3.63, 3.8) is 0 Å². The molecule has 3 aliphatic rings. The Morgan fingerprint density at radius 3 is 1.74 bits per heavy atom. The molecule has 1 spiro atoms. The molecule has 1 heteroatoms. The van der Waals surface area contributed by atoms with E-state index in [9.17, 15) is 0 Å². The third-order valence-corrected chi connectivity index (χ3v) is 10.6. The fourth-order valence-corrected chi connectivity index (χ4v) is 8.76. The summed E-state index contributed by atoms with van der Waals surface area (Å²) in [6.07, 6.45) is 0. The molecular formula is C45H26O. The Kier molecular flexibility index (Phi) is 4.57. The average Bonchev–Trinajstić information content (AvgIpc) is 3.57. The summed E-state index contributed by atoms with van der Waals surface area (Å²) in [6, 6.07) is 58.3. The van der Waals surface area contributed by atoms with E-state index >= 15 is 0 Å². The van der Waals surface area contributed by atoms with E-state index in [1.807, 2.05) is 6.07 Å². The summed E-state index contributed by atoms with van der Waals surface area (Å²) >= 11 is 0. The second-order valence-corrected chi connectivity index (χ2v) is 12.8. The van der Waals surface area contributed by atoms with Gasteiger partial charge in [0.1, 0.15) is 11.5 Å². The van der Waals surface area contributed by atoms with E-state index in [0.717, 1.165) is 22.6 Å². The number of hydrogen-bond donors (Lipinski definition) is 0. The smallest absolute Gasteiger partial charge is 0.136 e. The van der Waals surface area contributed by atoms with Crippen LogP contribution in [0.5, 0.6) is 11.5 Å². The molecule has 0 aromatic heterocycles. The molecule has 1 heterocycles. The van der Waals surface area contributed by atoms with E-state index in [4.69, 9.17) is 4.74 Å². The van der Waals surface area contributed by atoms with Crippen LogP contribution in [0, 0.1) is 0 Å². The quantitative estimate of drug-likeness (QED) is 0.187. The van der Waals surface area contributed by atoms with Crippen LogP contribution in [0.2, 0.25) is 0 Å². The van der Waals surface area contributed by atoms with E-state index in [0.29, 0.717) is 0 Å². The summed E-state index contributed by atoms with van der Waals surface area (Å²) in [4.78, 5) is 0. The topological polar surface area (TPSA) is 9.23 Å². The molecule has 0 fully saturated rings. The number of benzene rings is 8. The molecule has 1 aliphatic heterocycles. The van der Waals surface area contributed by atoms with Gasteiger partial charge in [0.2, 0.25) is 0 Å². The SMILES string of the molecule is c1ccc2c(c1)Oc1cc(-c3ccc4c(c3)C3(c5ccccc5-c5ccccc53)c3cc5ccccc5cc3-4)cc3cccc-2c13. The van der Waals surface area contributed by atoms with Crippen LogP contribution in [-0.4, -0.2) is 0 Å². The van der Waals surface area contributed by atoms with Crippen molar-refractivity contribution in [1.29, 1.82) is 0 Å². The van der Waals surface area contributed by atoms with Crippen molar-refractivity contribution < 1.29 is 4.74 Å². The molecule has 0 unspecified atom stereocenters. The Morgan fingerprint density at radius 1 is 0.326 bits per heavy atom. The number of fused-ring (bicyclic) bond motifs is 13. The van der Waals surface area contributed by atoms with Crippen LogP contribution in [-0.2, 0) is 5.41 Å². The maximum Gasteiger partial charge on any atom is 0.136 e. The summed E-state index contributed by atoms with van der Waals surface area (Å²) in [5.74, 6) is 1.83. The highest BCUT2D eigenvalue weighted by Crippen LogP contribution is 2.63. The van der Waals surface area contributed by atoms with Gasteiger partial charge in [-0.1, -0.05) is 121 Å². The predicted octanol–water partition coefficient (Wildman–Crippen LogP) is 11.8. The van der Waals surface area contributed by atoms with Crippen molar-refractivity contribution in [2.24, 2.45) is 0 Å². The molecule has 0 saturated heterocycles. The van der Waals surface area contributed by atoms with Gasteiger partial charge in [-0.05, 0) is 114 Å². The highest BCUT2D eigenvalue weighted by Gasteiger charge is 2.51. The maximum absolute atomic E-state index is 6.59. The second-order valence-electron chi connectivity index (χ2n) is 12.8. The van der Waals surface area contributed by atoms with Crippen molar-refractivity contribution in [2.45, 2.75) is 5.41 Å². The Hall–Kier alpha value is -5.92. The molecule has 0 saturated carbocycles. The molecule has 0 atom stereocenters. The van der Waals surface area contributed by atoms with Gasteiger partial charge in [0, 0.05) is 10.9 Å². The molecule has 8 aromatic rings. The standard InChI is InChI=1S/C45H26O/c1-2-11-28-24-41-37(23-27(28)10-1)34-21-20-29(25-40(34)45(41)38-17-6-3-13-32(38)33-14-4-7-18-39(33)45)31-22-30-12-9-16-36-35-15-5-8-19-42(35)46-43(26-31)44(30)36/h1-26H. The summed E-state index contributed by atoms with van der Waals surface area (Å²) in [5.41, 5.74) is 15.1. The predicted molar refractivity (Wildman–Crippen MR) is 189 cm³/mol. The third-order valence-electron chi connectivity index (χ3n) is 10.6. The van der Waals surface area contributed by atoms with Crippen molar-refractivity contribution in [3.8, 4) is 56.0 Å². The van der Waals surface area contributed by atoms with Gasteiger partial charge < -0.3 is 4.74 Å². The minimum atomic E-state index is -0.397. The van der Waals surface area contributed by atoms with E-state index in [1.165, 1.54) is 77.2 Å². The van der Waals surface area contributed by atoms with Crippen molar-refractivity contribution in [3.05, 3.63) is 180 Å². The van der Waals surface area contributed by atoms with E-state index in [-0.39, 0.29) is 0 Å². The summed E-state index contributed by atoms with van der Waals surface area (Å²) in [7, 11) is 0. The maximum atomic E-state index is 6.59. The van der Waals surface area contributed by atoms with Crippen LogP contribution in [0.15, 0.2) is 158 Å². The summed E-state index contributed by atoms with van der Waals surface area (Å²) in [6.45, 7) is 0. The van der Waals surface area contributed by atoms with E-state index in [2.05, 4.69) is 152 Å². The fourth-order valence-electron chi connectivity index (χ4n) is 8.76. The van der Waals surface area contributed by atoms with Crippen LogP contribution in [0.3, 0.4) is 0 Å². The zero-order valence-corrected chi connectivity index (χ0v) is 24.9. The van der Waals surface area contributed by atoms with Crippen LogP contribution in [0.1, 0.15) is 22.3 Å². The van der Waals surface area contributed by atoms with Crippen LogP contribution >= 0.6 is 0 Å². The largest absolute Gasteiger partial charge is 0.456 e. The monoisotopic (exact) mass is 582 g/mol. The molecule has 2 aliphatic carbocycles. The van der Waals surface area contributed by atoms with E-state index in [1.54, 1.807) is 0 Å². The minimum Gasteiger partial charge on any atom is -0.456 e. The first-order valence-corrected chi connectivity index (χ1v) is 16.0. The minimum absolute atomic E-state index is 0.397. The summed E-state index contributed by atoms with van der Waals surface area (Å²) < 4.78 is 6.59. The number of hydrogen-bond acceptors (Lipinski definition) is 1. The molecule has 0 radical (unpaired) electrons. The Morgan fingerprint density at radius 2 is 0.935 bits per heavy atom. The van der Waals surface area contributed by atoms with Gasteiger partial charge >= 0.3 is 0 Å². The Balaban J connectivity index is 1.21. The van der Waals surface area contributed by atoms with Gasteiger partial charge in [0.15, 0.2) is 0 Å². The lowest BCUT2D eigenvalue weighted by molar-refractivity contribution is 0.487. The van der Waals surface area contributed by atoms with Gasteiger partial charge in [-0.15, -0.1) is 0 Å². The first-order valence-electron chi connectivity index (χ1n) is 16.0. The molecule has 0 bridgehead atoms. The zero-order valence-electron chi connectivity index (χ0n) is 24.9. The van der Waals surface area contributed by atoms with Gasteiger partial charge in [-0.2, -0.15) is 0 Å². The Bertz CT molecular complexity index is 2580. The molecule has 0 amide bonds. The lowest BCUT2D eigenvalue weighted by atomic mass is 9.70. The first kappa shape index (κ1) is 24.4. The normalized spacial score (nSPS) is 14.0. The molecule has 8 aromatic carbocycles. The van der Waals surface area contributed by atoms with Crippen molar-refractivity contribution in [1.82, 2.24) is 0 Å². The molecule has 1 nitrogen and oxygen atoms in total. The van der Waals surface area contributed by atoms with Gasteiger partial charge in [0.25, 0.3) is 0 Å². The highest BCUT2D eigenvalue weighted by molar-refractivity contribution is 6.06. The van der Waals surface area contributed by atoms with Crippen LogP contribution < -0.4 is 4.74 Å². The molecule has 0 N–H and O–H groups in total. The van der Waals surface area contributed by atoms with Gasteiger partial charge in [-0.25, -0.2) is 0 Å². The van der Waals surface area contributed by atoms with Crippen molar-refractivity contribution in [2.75, 3.05) is 0 Å². The average molecular weight is 583 g/mol. The third kappa shape index (κ3) is 2.96. The number of para-hydroxylation sites is 1.